The Labute approximate surface area is 158 Å². The zero-order chi connectivity index (χ0) is 19.0. The molecule has 2 aromatic rings. The molecule has 0 radical (unpaired) electrons. The number of rotatable bonds is 7. The quantitative estimate of drug-likeness (QED) is 0.699. The number of carbonyl (C=O) groups excluding carboxylic acids is 1. The number of fused-ring (bicyclic) bond motifs is 1. The first-order chi connectivity index (χ1) is 13.0. The fourth-order valence-electron chi connectivity index (χ4n) is 3.85. The van der Waals surface area contributed by atoms with Crippen molar-refractivity contribution in [2.75, 3.05) is 18.4 Å². The molecule has 0 saturated heterocycles. The minimum absolute atomic E-state index is 0.0940. The molecule has 144 valence electrons. The molecule has 2 fully saturated rings. The van der Waals surface area contributed by atoms with Gasteiger partial charge in [-0.1, -0.05) is 6.07 Å². The van der Waals surface area contributed by atoms with Gasteiger partial charge in [-0.15, -0.1) is 0 Å². The molecule has 2 saturated carbocycles. The first kappa shape index (κ1) is 17.9. The van der Waals surface area contributed by atoms with E-state index < -0.39 is 5.97 Å². The zero-order valence-corrected chi connectivity index (χ0v) is 15.5. The number of nitrogens with zero attached hydrogens (tertiary/aromatic N) is 2. The number of aromatic nitrogens is 1. The molecule has 3 N–H and O–H groups in total. The third kappa shape index (κ3) is 4.24. The first-order valence-electron chi connectivity index (χ1n) is 9.56. The summed E-state index contributed by atoms with van der Waals surface area (Å²) in [6.07, 6.45) is 6.03. The van der Waals surface area contributed by atoms with Crippen molar-refractivity contribution in [3.8, 4) is 0 Å². The first-order valence-corrected chi connectivity index (χ1v) is 9.56. The van der Waals surface area contributed by atoms with Gasteiger partial charge in [0.25, 0.3) is 0 Å². The van der Waals surface area contributed by atoms with Crippen LogP contribution in [0.1, 0.15) is 25.7 Å². The minimum Gasteiger partial charge on any atom is -0.480 e. The van der Waals surface area contributed by atoms with E-state index in [2.05, 4.69) is 15.5 Å². The second-order valence-corrected chi connectivity index (χ2v) is 7.89. The number of carboxylic acid groups (broad SMARTS) is 1. The minimum atomic E-state index is -0.777. The molecule has 0 spiro atoms. The molecule has 0 bridgehead atoms. The van der Waals surface area contributed by atoms with Crippen molar-refractivity contribution in [1.29, 1.82) is 0 Å². The molecule has 7 nitrogen and oxygen atoms in total. The number of hydrogen-bond acceptors (Lipinski definition) is 3. The fourth-order valence-corrected chi connectivity index (χ4v) is 3.85. The molecule has 7 heteroatoms. The maximum atomic E-state index is 12.3. The number of anilines is 1. The fraction of sp³-hybridized carbons (Fsp3) is 0.500. The van der Waals surface area contributed by atoms with Crippen LogP contribution in [-0.2, 0) is 11.8 Å². The molecular formula is C20H26N4O3. The lowest BCUT2D eigenvalue weighted by Crippen LogP contribution is -2.55. The Morgan fingerprint density at radius 1 is 1.26 bits per heavy atom. The van der Waals surface area contributed by atoms with Gasteiger partial charge in [-0.3, -0.25) is 9.69 Å². The van der Waals surface area contributed by atoms with E-state index in [1.54, 1.807) is 0 Å². The third-order valence-electron chi connectivity index (χ3n) is 5.64. The van der Waals surface area contributed by atoms with Gasteiger partial charge in [-0.25, -0.2) is 4.79 Å². The van der Waals surface area contributed by atoms with Gasteiger partial charge in [0, 0.05) is 43.1 Å². The second-order valence-electron chi connectivity index (χ2n) is 7.89. The normalized spacial score (nSPS) is 21.9. The van der Waals surface area contributed by atoms with E-state index in [1.165, 1.54) is 12.8 Å². The van der Waals surface area contributed by atoms with Gasteiger partial charge in [-0.05, 0) is 55.2 Å². The third-order valence-corrected chi connectivity index (χ3v) is 5.64. The molecule has 0 aliphatic heterocycles. The van der Waals surface area contributed by atoms with Crippen LogP contribution in [0.4, 0.5) is 10.5 Å². The molecule has 1 aromatic heterocycles. The number of amides is 2. The van der Waals surface area contributed by atoms with Crippen molar-refractivity contribution in [3.05, 3.63) is 30.5 Å². The molecule has 4 rings (SSSR count). The number of carboxylic acids is 1. The summed E-state index contributed by atoms with van der Waals surface area (Å²) in [4.78, 5) is 25.4. The van der Waals surface area contributed by atoms with E-state index in [0.717, 1.165) is 36.0 Å². The van der Waals surface area contributed by atoms with Crippen LogP contribution in [0, 0.1) is 5.92 Å². The van der Waals surface area contributed by atoms with Crippen LogP contribution in [0.5, 0.6) is 0 Å². The Morgan fingerprint density at radius 2 is 2.04 bits per heavy atom. The van der Waals surface area contributed by atoms with Crippen molar-refractivity contribution in [3.63, 3.8) is 0 Å². The smallest absolute Gasteiger partial charge is 0.319 e. The SMILES string of the molecule is Cn1ccc2ccc(NC(=O)NC3CC(N(CC(=O)O)CC4CC4)C3)cc21. The highest BCUT2D eigenvalue weighted by Crippen LogP contribution is 2.33. The Kier molecular flexibility index (Phi) is 4.78. The van der Waals surface area contributed by atoms with E-state index in [-0.39, 0.29) is 24.7 Å². The summed E-state index contributed by atoms with van der Waals surface area (Å²) < 4.78 is 2.02. The van der Waals surface area contributed by atoms with E-state index in [4.69, 9.17) is 5.11 Å². The van der Waals surface area contributed by atoms with E-state index >= 15 is 0 Å². The summed E-state index contributed by atoms with van der Waals surface area (Å²) in [6.45, 7) is 0.962. The molecule has 1 heterocycles. The number of carbonyl (C=O) groups is 2. The lowest BCUT2D eigenvalue weighted by atomic mass is 9.85. The summed E-state index contributed by atoms with van der Waals surface area (Å²) >= 11 is 0. The molecule has 0 unspecified atom stereocenters. The van der Waals surface area contributed by atoms with Crippen LogP contribution in [-0.4, -0.2) is 51.7 Å². The Bertz CT molecular complexity index is 852. The number of hydrogen-bond donors (Lipinski definition) is 3. The number of aliphatic carboxylic acids is 1. The van der Waals surface area contributed by atoms with Gasteiger partial charge in [0.15, 0.2) is 0 Å². The predicted molar refractivity (Wildman–Crippen MR) is 104 cm³/mol. The van der Waals surface area contributed by atoms with E-state index in [0.29, 0.717) is 5.92 Å². The van der Waals surface area contributed by atoms with Gasteiger partial charge in [0.1, 0.15) is 0 Å². The highest BCUT2D eigenvalue weighted by Gasteiger charge is 2.37. The largest absolute Gasteiger partial charge is 0.480 e. The van der Waals surface area contributed by atoms with Crippen molar-refractivity contribution >= 4 is 28.6 Å². The van der Waals surface area contributed by atoms with Crippen LogP contribution in [0.2, 0.25) is 0 Å². The van der Waals surface area contributed by atoms with Crippen molar-refractivity contribution in [2.24, 2.45) is 13.0 Å². The topological polar surface area (TPSA) is 86.6 Å². The Balaban J connectivity index is 1.27. The van der Waals surface area contributed by atoms with Crippen LogP contribution in [0.3, 0.4) is 0 Å². The second kappa shape index (κ2) is 7.23. The monoisotopic (exact) mass is 370 g/mol. The Morgan fingerprint density at radius 3 is 2.74 bits per heavy atom. The van der Waals surface area contributed by atoms with Gasteiger partial charge >= 0.3 is 12.0 Å². The molecule has 2 aliphatic rings. The summed E-state index contributed by atoms with van der Waals surface area (Å²) in [6, 6.07) is 8.04. The van der Waals surface area contributed by atoms with Gasteiger partial charge in [-0.2, -0.15) is 0 Å². The van der Waals surface area contributed by atoms with Gasteiger partial charge in [0.05, 0.1) is 6.54 Å². The molecule has 0 atom stereocenters. The van der Waals surface area contributed by atoms with Crippen molar-refractivity contribution in [2.45, 2.75) is 37.8 Å². The average molecular weight is 370 g/mol. The van der Waals surface area contributed by atoms with E-state index in [9.17, 15) is 9.59 Å². The van der Waals surface area contributed by atoms with Crippen molar-refractivity contribution in [1.82, 2.24) is 14.8 Å². The number of benzene rings is 1. The van der Waals surface area contributed by atoms with Gasteiger partial charge in [0.2, 0.25) is 0 Å². The molecule has 2 amide bonds. The molecule has 2 aliphatic carbocycles. The van der Waals surface area contributed by atoms with Crippen molar-refractivity contribution < 1.29 is 14.7 Å². The summed E-state index contributed by atoms with van der Waals surface area (Å²) in [5.41, 5.74) is 1.83. The zero-order valence-electron chi connectivity index (χ0n) is 15.5. The summed E-state index contributed by atoms with van der Waals surface area (Å²) in [5, 5.41) is 16.2. The predicted octanol–water partition coefficient (Wildman–Crippen LogP) is 2.63. The highest BCUT2D eigenvalue weighted by atomic mass is 16.4. The van der Waals surface area contributed by atoms with Crippen LogP contribution in [0.15, 0.2) is 30.5 Å². The highest BCUT2D eigenvalue weighted by molar-refractivity contribution is 5.93. The lowest BCUT2D eigenvalue weighted by molar-refractivity contribution is -0.139. The average Bonchev–Trinajstić information content (AvgIpc) is 3.32. The lowest BCUT2D eigenvalue weighted by Gasteiger charge is -2.42. The molecule has 1 aromatic carbocycles. The summed E-state index contributed by atoms with van der Waals surface area (Å²) in [5.74, 6) is -0.118. The maximum Gasteiger partial charge on any atom is 0.319 e. The number of nitrogens with one attached hydrogen (secondary N) is 2. The molecule has 27 heavy (non-hydrogen) atoms. The standard InChI is InChI=1S/C20H26N4O3/c1-23-7-6-14-4-5-15(10-18(14)23)21-20(27)22-16-8-17(9-16)24(12-19(25)26)11-13-2-3-13/h4-7,10,13,16-17H,2-3,8-9,11-12H2,1H3,(H,25,26)(H2,21,22,27). The Hall–Kier alpha value is -2.54. The van der Waals surface area contributed by atoms with Crippen LogP contribution in [0.25, 0.3) is 10.9 Å². The van der Waals surface area contributed by atoms with Crippen LogP contribution < -0.4 is 10.6 Å². The maximum absolute atomic E-state index is 12.3. The van der Waals surface area contributed by atoms with Gasteiger partial charge < -0.3 is 20.3 Å². The van der Waals surface area contributed by atoms with E-state index in [1.807, 2.05) is 42.1 Å². The molecular weight excluding hydrogens is 344 g/mol. The number of urea groups is 1. The number of aryl methyl sites for hydroxylation is 1. The van der Waals surface area contributed by atoms with Crippen LogP contribution >= 0.6 is 0 Å². The summed E-state index contributed by atoms with van der Waals surface area (Å²) in [7, 11) is 1.98.